The van der Waals surface area contributed by atoms with Gasteiger partial charge in [0.05, 0.1) is 17.8 Å². The molecule has 1 aromatic heterocycles. The molecule has 1 saturated heterocycles. The van der Waals surface area contributed by atoms with Crippen LogP contribution in [0.15, 0.2) is 42.7 Å². The Morgan fingerprint density at radius 1 is 0.960 bits per heavy atom. The molecule has 0 atom stereocenters. The van der Waals surface area contributed by atoms with Crippen LogP contribution >= 0.6 is 0 Å². The minimum atomic E-state index is -0.407. The van der Waals surface area contributed by atoms with Gasteiger partial charge in [-0.25, -0.2) is 0 Å². The molecule has 0 N–H and O–H groups in total. The highest BCUT2D eigenvalue weighted by atomic mass is 16.7. The second-order valence-electron chi connectivity index (χ2n) is 7.46. The number of nitrogens with zero attached hydrogens (tertiary/aromatic N) is 1. The van der Waals surface area contributed by atoms with Crippen molar-refractivity contribution in [2.45, 2.75) is 52.2 Å². The number of hydrogen-bond donors (Lipinski definition) is 0. The normalized spacial score (nSPS) is 18.4. The molecule has 1 aliphatic heterocycles. The van der Waals surface area contributed by atoms with E-state index in [1.54, 1.807) is 12.4 Å². The van der Waals surface area contributed by atoms with Crippen LogP contribution in [0.5, 0.6) is 5.75 Å². The Morgan fingerprint density at radius 3 is 2.20 bits per heavy atom. The average molecular weight is 339 g/mol. The zero-order valence-electron chi connectivity index (χ0n) is 15.7. The zero-order chi connectivity index (χ0) is 18.1. The molecule has 1 aromatic carbocycles. The van der Waals surface area contributed by atoms with E-state index < -0.39 is 7.12 Å². The van der Waals surface area contributed by atoms with Gasteiger partial charge >= 0.3 is 7.12 Å². The molecule has 132 valence electrons. The van der Waals surface area contributed by atoms with Gasteiger partial charge in [-0.05, 0) is 75.0 Å². The van der Waals surface area contributed by atoms with Crippen molar-refractivity contribution in [2.24, 2.45) is 0 Å². The molecule has 3 rings (SSSR count). The highest BCUT2D eigenvalue weighted by molar-refractivity contribution is 6.62. The molecule has 4 nitrogen and oxygen atoms in total. The van der Waals surface area contributed by atoms with Gasteiger partial charge in [-0.1, -0.05) is 13.0 Å². The van der Waals surface area contributed by atoms with Crippen molar-refractivity contribution in [1.82, 2.24) is 4.98 Å². The summed E-state index contributed by atoms with van der Waals surface area (Å²) in [7, 11) is -0.407. The average Bonchev–Trinajstić information content (AvgIpc) is 2.81. The van der Waals surface area contributed by atoms with E-state index in [2.05, 4.69) is 51.7 Å². The van der Waals surface area contributed by atoms with Crippen molar-refractivity contribution >= 4 is 12.6 Å². The van der Waals surface area contributed by atoms with Crippen LogP contribution in [-0.4, -0.2) is 29.9 Å². The quantitative estimate of drug-likeness (QED) is 0.776. The summed E-state index contributed by atoms with van der Waals surface area (Å²) in [6, 6.07) is 10.2. The lowest BCUT2D eigenvalue weighted by atomic mass is 9.77. The molecule has 2 aromatic rings. The molecule has 25 heavy (non-hydrogen) atoms. The Morgan fingerprint density at radius 2 is 1.60 bits per heavy atom. The van der Waals surface area contributed by atoms with Gasteiger partial charge in [-0.2, -0.15) is 0 Å². The van der Waals surface area contributed by atoms with Gasteiger partial charge in [-0.3, -0.25) is 4.98 Å². The molecular formula is C20H26BNO3. The molecule has 0 saturated carbocycles. The number of benzene rings is 1. The fourth-order valence-electron chi connectivity index (χ4n) is 2.75. The van der Waals surface area contributed by atoms with Crippen LogP contribution in [-0.2, 0) is 9.31 Å². The highest BCUT2D eigenvalue weighted by Gasteiger charge is 2.51. The van der Waals surface area contributed by atoms with E-state index in [9.17, 15) is 0 Å². The van der Waals surface area contributed by atoms with Crippen LogP contribution in [0.25, 0.3) is 11.1 Å². The Kier molecular flexibility index (Phi) is 4.89. The summed E-state index contributed by atoms with van der Waals surface area (Å²) < 4.78 is 18.3. The first-order chi connectivity index (χ1) is 11.8. The number of pyridine rings is 1. The highest BCUT2D eigenvalue weighted by Crippen LogP contribution is 2.37. The maximum Gasteiger partial charge on any atom is 0.494 e. The van der Waals surface area contributed by atoms with E-state index in [1.165, 1.54) is 0 Å². The third-order valence-electron chi connectivity index (χ3n) is 4.94. The van der Waals surface area contributed by atoms with Crippen LogP contribution in [0.4, 0.5) is 0 Å². The molecule has 0 spiro atoms. The standard InChI is InChI=1S/C20H26BNO3/c1-6-11-23-18-13-16(15-7-9-22-10-8-15)12-17(14-18)21-24-19(2,3)20(4,5)25-21/h7-10,12-14H,6,11H2,1-5H3. The smallest absolute Gasteiger partial charge is 0.494 e. The zero-order valence-corrected chi connectivity index (χ0v) is 15.7. The fraction of sp³-hybridized carbons (Fsp3) is 0.450. The molecule has 0 bridgehead atoms. The third-order valence-corrected chi connectivity index (χ3v) is 4.94. The van der Waals surface area contributed by atoms with Crippen molar-refractivity contribution in [3.8, 4) is 16.9 Å². The van der Waals surface area contributed by atoms with Gasteiger partial charge in [0.25, 0.3) is 0 Å². The molecule has 2 heterocycles. The maximum atomic E-state index is 6.21. The lowest BCUT2D eigenvalue weighted by Gasteiger charge is -2.32. The van der Waals surface area contributed by atoms with Gasteiger partial charge in [0, 0.05) is 12.4 Å². The molecular weight excluding hydrogens is 313 g/mol. The maximum absolute atomic E-state index is 6.21. The lowest BCUT2D eigenvalue weighted by Crippen LogP contribution is -2.41. The summed E-state index contributed by atoms with van der Waals surface area (Å²) >= 11 is 0. The lowest BCUT2D eigenvalue weighted by molar-refractivity contribution is 0.00578. The van der Waals surface area contributed by atoms with Crippen molar-refractivity contribution in [2.75, 3.05) is 6.61 Å². The number of ether oxygens (including phenoxy) is 1. The van der Waals surface area contributed by atoms with E-state index in [0.29, 0.717) is 6.61 Å². The van der Waals surface area contributed by atoms with Gasteiger partial charge < -0.3 is 14.0 Å². The summed E-state index contributed by atoms with van der Waals surface area (Å²) in [4.78, 5) is 4.10. The summed E-state index contributed by atoms with van der Waals surface area (Å²) in [6.45, 7) is 11.0. The van der Waals surface area contributed by atoms with Crippen LogP contribution in [0, 0.1) is 0 Å². The van der Waals surface area contributed by atoms with Crippen molar-refractivity contribution in [1.29, 1.82) is 0 Å². The minimum Gasteiger partial charge on any atom is -0.494 e. The minimum absolute atomic E-state index is 0.366. The van der Waals surface area contributed by atoms with Crippen molar-refractivity contribution < 1.29 is 14.0 Å². The van der Waals surface area contributed by atoms with Gasteiger partial charge in [-0.15, -0.1) is 0 Å². The van der Waals surface area contributed by atoms with Crippen LogP contribution in [0.1, 0.15) is 41.0 Å². The molecule has 0 aliphatic carbocycles. The van der Waals surface area contributed by atoms with Crippen molar-refractivity contribution in [3.05, 3.63) is 42.7 Å². The number of aromatic nitrogens is 1. The predicted octanol–water partition coefficient (Wildman–Crippen LogP) is 3.84. The van der Waals surface area contributed by atoms with Crippen LogP contribution in [0.2, 0.25) is 0 Å². The summed E-state index contributed by atoms with van der Waals surface area (Å²) in [5.41, 5.74) is 2.40. The first kappa shape index (κ1) is 18.0. The van der Waals surface area contributed by atoms with Gasteiger partial charge in [0.15, 0.2) is 0 Å². The Balaban J connectivity index is 1.99. The predicted molar refractivity (Wildman–Crippen MR) is 101 cm³/mol. The molecule has 0 radical (unpaired) electrons. The molecule has 5 heteroatoms. The molecule has 0 unspecified atom stereocenters. The largest absolute Gasteiger partial charge is 0.494 e. The SMILES string of the molecule is CCCOc1cc(B2OC(C)(C)C(C)(C)O2)cc(-c2ccncc2)c1. The monoisotopic (exact) mass is 339 g/mol. The second kappa shape index (κ2) is 6.81. The Hall–Kier alpha value is -1.85. The van der Waals surface area contributed by atoms with Crippen molar-refractivity contribution in [3.63, 3.8) is 0 Å². The van der Waals surface area contributed by atoms with Crippen LogP contribution < -0.4 is 10.2 Å². The molecule has 0 amide bonds. The first-order valence-corrected chi connectivity index (χ1v) is 8.86. The van der Waals surface area contributed by atoms with Gasteiger partial charge in [0.1, 0.15) is 5.75 Å². The van der Waals surface area contributed by atoms with E-state index >= 15 is 0 Å². The summed E-state index contributed by atoms with van der Waals surface area (Å²) in [6.07, 6.45) is 4.55. The number of rotatable bonds is 5. The third kappa shape index (κ3) is 3.72. The topological polar surface area (TPSA) is 40.6 Å². The Labute approximate surface area is 150 Å². The van der Waals surface area contributed by atoms with Gasteiger partial charge in [0.2, 0.25) is 0 Å². The second-order valence-corrected chi connectivity index (χ2v) is 7.46. The van der Waals surface area contributed by atoms with E-state index in [0.717, 1.165) is 28.8 Å². The fourth-order valence-corrected chi connectivity index (χ4v) is 2.75. The Bertz CT molecular complexity index is 715. The summed E-state index contributed by atoms with van der Waals surface area (Å²) in [5.74, 6) is 0.834. The van der Waals surface area contributed by atoms with E-state index in [-0.39, 0.29) is 11.2 Å². The first-order valence-electron chi connectivity index (χ1n) is 8.86. The van der Waals surface area contributed by atoms with Crippen LogP contribution in [0.3, 0.4) is 0 Å². The number of hydrogen-bond acceptors (Lipinski definition) is 4. The molecule has 1 fully saturated rings. The molecule has 1 aliphatic rings. The van der Waals surface area contributed by atoms with E-state index in [4.69, 9.17) is 14.0 Å². The summed E-state index contributed by atoms with van der Waals surface area (Å²) in [5, 5.41) is 0. The van der Waals surface area contributed by atoms with E-state index in [1.807, 2.05) is 18.2 Å².